The van der Waals surface area contributed by atoms with E-state index >= 15 is 0 Å². The number of aryl methyl sites for hydroxylation is 1. The Bertz CT molecular complexity index is 650. The van der Waals surface area contributed by atoms with Gasteiger partial charge >= 0.3 is 0 Å². The van der Waals surface area contributed by atoms with Gasteiger partial charge in [-0.05, 0) is 38.3 Å². The minimum absolute atomic E-state index is 0.212. The van der Waals surface area contributed by atoms with Crippen LogP contribution in [-0.2, 0) is 0 Å². The van der Waals surface area contributed by atoms with E-state index in [9.17, 15) is 4.79 Å². The van der Waals surface area contributed by atoms with Gasteiger partial charge in [0.1, 0.15) is 6.33 Å². The summed E-state index contributed by atoms with van der Waals surface area (Å²) in [4.78, 5) is 26.9. The molecule has 6 nitrogen and oxygen atoms in total. The lowest BCUT2D eigenvalue weighted by Gasteiger charge is -2.26. The number of hydrogen-bond donors (Lipinski definition) is 1. The van der Waals surface area contributed by atoms with Crippen molar-refractivity contribution in [1.29, 1.82) is 0 Å². The average Bonchev–Trinajstić information content (AvgIpc) is 2.56. The van der Waals surface area contributed by atoms with Crippen molar-refractivity contribution < 1.29 is 4.79 Å². The molecule has 114 valence electrons. The highest BCUT2D eigenvalue weighted by Gasteiger charge is 2.15. The second-order valence-electron chi connectivity index (χ2n) is 5.48. The zero-order valence-electron chi connectivity index (χ0n) is 12.6. The molecule has 0 atom stereocenters. The van der Waals surface area contributed by atoms with Crippen molar-refractivity contribution >= 4 is 17.8 Å². The number of rotatable bonds is 3. The molecule has 0 bridgehead atoms. The standard InChI is InChI=1S/C16H19N5O/c1-12-5-7-13(8-6-12)14(22)19-15-17-11-18-16(20-15)21-9-3-2-4-10-21/h5-8,11H,2-4,9-10H2,1H3,(H,17,18,19,20,22). The second kappa shape index (κ2) is 6.51. The van der Waals surface area contributed by atoms with Crippen molar-refractivity contribution in [2.24, 2.45) is 0 Å². The Kier molecular flexibility index (Phi) is 4.27. The van der Waals surface area contributed by atoms with E-state index in [2.05, 4.69) is 25.2 Å². The van der Waals surface area contributed by atoms with E-state index in [1.807, 2.05) is 19.1 Å². The fourth-order valence-electron chi connectivity index (χ4n) is 2.47. The van der Waals surface area contributed by atoms with Gasteiger partial charge < -0.3 is 4.90 Å². The monoisotopic (exact) mass is 297 g/mol. The Morgan fingerprint density at radius 3 is 2.55 bits per heavy atom. The number of amides is 1. The van der Waals surface area contributed by atoms with Gasteiger partial charge in [-0.25, -0.2) is 9.97 Å². The van der Waals surface area contributed by atoms with Gasteiger partial charge in [0, 0.05) is 18.7 Å². The van der Waals surface area contributed by atoms with Gasteiger partial charge in [0.15, 0.2) is 0 Å². The maximum absolute atomic E-state index is 12.2. The molecule has 0 radical (unpaired) electrons. The van der Waals surface area contributed by atoms with E-state index in [4.69, 9.17) is 0 Å². The zero-order chi connectivity index (χ0) is 15.4. The third-order valence-electron chi connectivity index (χ3n) is 3.74. The molecule has 0 saturated carbocycles. The Hall–Kier alpha value is -2.50. The topological polar surface area (TPSA) is 71.0 Å². The second-order valence-corrected chi connectivity index (χ2v) is 5.48. The quantitative estimate of drug-likeness (QED) is 0.942. The average molecular weight is 297 g/mol. The zero-order valence-corrected chi connectivity index (χ0v) is 12.6. The lowest BCUT2D eigenvalue weighted by Crippen LogP contribution is -2.31. The summed E-state index contributed by atoms with van der Waals surface area (Å²) < 4.78 is 0. The molecule has 3 rings (SSSR count). The molecule has 1 aromatic carbocycles. The molecular formula is C16H19N5O. The number of nitrogens with zero attached hydrogens (tertiary/aromatic N) is 4. The maximum Gasteiger partial charge on any atom is 0.258 e. The molecule has 1 saturated heterocycles. The minimum atomic E-state index is -0.212. The number of hydrogen-bond acceptors (Lipinski definition) is 5. The number of piperidine rings is 1. The number of aromatic nitrogens is 3. The lowest BCUT2D eigenvalue weighted by atomic mass is 10.1. The first-order chi connectivity index (χ1) is 10.7. The van der Waals surface area contributed by atoms with Crippen LogP contribution in [0, 0.1) is 6.92 Å². The third-order valence-corrected chi connectivity index (χ3v) is 3.74. The SMILES string of the molecule is Cc1ccc(C(=O)Nc2ncnc(N3CCCCC3)n2)cc1. The molecule has 1 aromatic heterocycles. The lowest BCUT2D eigenvalue weighted by molar-refractivity contribution is 0.102. The number of nitrogens with one attached hydrogen (secondary N) is 1. The molecule has 22 heavy (non-hydrogen) atoms. The Morgan fingerprint density at radius 1 is 1.09 bits per heavy atom. The van der Waals surface area contributed by atoms with Crippen LogP contribution in [0.25, 0.3) is 0 Å². The van der Waals surface area contributed by atoms with Crippen LogP contribution >= 0.6 is 0 Å². The van der Waals surface area contributed by atoms with Crippen LogP contribution in [-0.4, -0.2) is 33.9 Å². The predicted octanol–water partition coefficient (Wildman–Crippen LogP) is 2.42. The van der Waals surface area contributed by atoms with Crippen molar-refractivity contribution in [1.82, 2.24) is 15.0 Å². The minimum Gasteiger partial charge on any atom is -0.341 e. The Balaban J connectivity index is 1.72. The molecule has 1 amide bonds. The summed E-state index contributed by atoms with van der Waals surface area (Å²) in [5, 5.41) is 2.73. The molecular weight excluding hydrogens is 278 g/mol. The molecule has 1 aliphatic heterocycles. The molecule has 1 fully saturated rings. The van der Waals surface area contributed by atoms with E-state index in [-0.39, 0.29) is 5.91 Å². The van der Waals surface area contributed by atoms with E-state index in [0.717, 1.165) is 31.5 Å². The fourth-order valence-corrected chi connectivity index (χ4v) is 2.47. The van der Waals surface area contributed by atoms with E-state index in [1.165, 1.54) is 12.7 Å². The van der Waals surface area contributed by atoms with Crippen molar-refractivity contribution in [2.45, 2.75) is 26.2 Å². The summed E-state index contributed by atoms with van der Waals surface area (Å²) in [6.45, 7) is 3.89. The number of carbonyl (C=O) groups is 1. The van der Waals surface area contributed by atoms with Crippen molar-refractivity contribution in [3.8, 4) is 0 Å². The smallest absolute Gasteiger partial charge is 0.258 e. The van der Waals surface area contributed by atoms with Crippen molar-refractivity contribution in [2.75, 3.05) is 23.3 Å². The summed E-state index contributed by atoms with van der Waals surface area (Å²) in [5.74, 6) is 0.714. The number of carbonyl (C=O) groups excluding carboxylic acids is 1. The molecule has 1 N–H and O–H groups in total. The largest absolute Gasteiger partial charge is 0.341 e. The highest BCUT2D eigenvalue weighted by molar-refractivity contribution is 6.03. The van der Waals surface area contributed by atoms with Crippen molar-refractivity contribution in [3.63, 3.8) is 0 Å². The number of benzene rings is 1. The molecule has 2 heterocycles. The fraction of sp³-hybridized carbons (Fsp3) is 0.375. The molecule has 0 spiro atoms. The van der Waals surface area contributed by atoms with Crippen LogP contribution in [0.3, 0.4) is 0 Å². The van der Waals surface area contributed by atoms with Crippen LogP contribution in [0.4, 0.5) is 11.9 Å². The van der Waals surface area contributed by atoms with Gasteiger partial charge in [-0.1, -0.05) is 17.7 Å². The summed E-state index contributed by atoms with van der Waals surface area (Å²) in [7, 11) is 0. The van der Waals surface area contributed by atoms with Crippen molar-refractivity contribution in [3.05, 3.63) is 41.7 Å². The predicted molar refractivity (Wildman–Crippen MR) is 85.0 cm³/mol. The molecule has 2 aromatic rings. The Labute approximate surface area is 129 Å². The number of anilines is 2. The van der Waals surface area contributed by atoms with Crippen LogP contribution < -0.4 is 10.2 Å². The van der Waals surface area contributed by atoms with Gasteiger partial charge in [0.2, 0.25) is 11.9 Å². The summed E-state index contributed by atoms with van der Waals surface area (Å²) >= 11 is 0. The third kappa shape index (κ3) is 3.39. The van der Waals surface area contributed by atoms with Crippen LogP contribution in [0.2, 0.25) is 0 Å². The van der Waals surface area contributed by atoms with Crippen LogP contribution in [0.15, 0.2) is 30.6 Å². The van der Waals surface area contributed by atoms with Crippen LogP contribution in [0.5, 0.6) is 0 Å². The molecule has 6 heteroatoms. The maximum atomic E-state index is 12.2. The van der Waals surface area contributed by atoms with Gasteiger partial charge in [-0.2, -0.15) is 4.98 Å². The molecule has 0 unspecified atom stereocenters. The summed E-state index contributed by atoms with van der Waals surface area (Å²) in [5.41, 5.74) is 1.70. The van der Waals surface area contributed by atoms with Gasteiger partial charge in [0.25, 0.3) is 5.91 Å². The molecule has 0 aliphatic carbocycles. The first-order valence-electron chi connectivity index (χ1n) is 7.54. The highest BCUT2D eigenvalue weighted by atomic mass is 16.1. The van der Waals surface area contributed by atoms with E-state index in [0.29, 0.717) is 17.5 Å². The molecule has 1 aliphatic rings. The van der Waals surface area contributed by atoms with Gasteiger partial charge in [0.05, 0.1) is 0 Å². The van der Waals surface area contributed by atoms with Gasteiger partial charge in [-0.3, -0.25) is 10.1 Å². The van der Waals surface area contributed by atoms with Gasteiger partial charge in [-0.15, -0.1) is 0 Å². The normalized spacial score (nSPS) is 14.7. The van der Waals surface area contributed by atoms with E-state index < -0.39 is 0 Å². The summed E-state index contributed by atoms with van der Waals surface area (Å²) in [6, 6.07) is 7.39. The summed E-state index contributed by atoms with van der Waals surface area (Å²) in [6.07, 6.45) is 4.99. The van der Waals surface area contributed by atoms with Crippen LogP contribution in [0.1, 0.15) is 35.2 Å². The Morgan fingerprint density at radius 2 is 1.82 bits per heavy atom. The first kappa shape index (κ1) is 14.4. The highest BCUT2D eigenvalue weighted by Crippen LogP contribution is 2.16. The van der Waals surface area contributed by atoms with E-state index in [1.54, 1.807) is 12.1 Å². The first-order valence-corrected chi connectivity index (χ1v) is 7.54.